The Morgan fingerprint density at radius 2 is 1.89 bits per heavy atom. The molecule has 28 heavy (non-hydrogen) atoms. The Morgan fingerprint density at radius 3 is 2.89 bits per heavy atom. The molecule has 1 atom stereocenters. The molecule has 1 fully saturated rings. The number of hydrogen-bond donors (Lipinski definition) is 0. The fourth-order valence-corrected chi connectivity index (χ4v) is 4.42. The first-order valence-electron chi connectivity index (χ1n) is 9.67. The summed E-state index contributed by atoms with van der Waals surface area (Å²) in [6.45, 7) is 2.09. The van der Waals surface area contributed by atoms with Crippen LogP contribution >= 0.6 is 0 Å². The van der Waals surface area contributed by atoms with E-state index in [4.69, 9.17) is 13.9 Å². The van der Waals surface area contributed by atoms with Crippen LogP contribution in [0, 0.1) is 0 Å². The number of para-hydroxylation sites is 2. The molecule has 1 saturated heterocycles. The molecule has 0 aliphatic carbocycles. The number of furan rings is 1. The summed E-state index contributed by atoms with van der Waals surface area (Å²) in [6.07, 6.45) is 3.75. The summed E-state index contributed by atoms with van der Waals surface area (Å²) < 4.78 is 17.9. The van der Waals surface area contributed by atoms with E-state index in [0.29, 0.717) is 13.2 Å². The number of fused-ring (bicyclic) bond motifs is 4. The van der Waals surface area contributed by atoms with Crippen LogP contribution in [0.5, 0.6) is 11.5 Å². The molecule has 4 heterocycles. The van der Waals surface area contributed by atoms with Gasteiger partial charge < -0.3 is 18.8 Å². The number of nitrogens with zero attached hydrogens (tertiary/aromatic N) is 3. The maximum atomic E-state index is 6.17. The highest BCUT2D eigenvalue weighted by Crippen LogP contribution is 2.45. The number of hydrogen-bond acceptors (Lipinski definition) is 6. The average molecular weight is 373 g/mol. The second-order valence-electron chi connectivity index (χ2n) is 7.20. The van der Waals surface area contributed by atoms with Crippen molar-refractivity contribution in [2.45, 2.75) is 18.9 Å². The van der Waals surface area contributed by atoms with E-state index in [-0.39, 0.29) is 6.04 Å². The van der Waals surface area contributed by atoms with Crippen LogP contribution in [-0.4, -0.2) is 29.7 Å². The molecule has 6 nitrogen and oxygen atoms in total. The standard InChI is InChI=1S/C22H19N3O3/c1-2-8-17-15(5-1)19-21(28-17)22(24-13-23-19)25-10-4-7-16(25)14-6-3-9-18-20(14)27-12-11-26-18/h1-3,5-6,8-9,13,16H,4,7,10-12H2. The minimum Gasteiger partial charge on any atom is -0.486 e. The van der Waals surface area contributed by atoms with Gasteiger partial charge in [0.2, 0.25) is 0 Å². The number of ether oxygens (including phenoxy) is 2. The monoisotopic (exact) mass is 373 g/mol. The van der Waals surface area contributed by atoms with E-state index in [9.17, 15) is 0 Å². The van der Waals surface area contributed by atoms with E-state index in [1.807, 2.05) is 36.4 Å². The lowest BCUT2D eigenvalue weighted by Crippen LogP contribution is -2.25. The van der Waals surface area contributed by atoms with Gasteiger partial charge in [0, 0.05) is 17.5 Å². The van der Waals surface area contributed by atoms with Gasteiger partial charge in [-0.2, -0.15) is 0 Å². The van der Waals surface area contributed by atoms with Crippen LogP contribution in [0.4, 0.5) is 5.82 Å². The Morgan fingerprint density at radius 1 is 0.964 bits per heavy atom. The Kier molecular flexibility index (Phi) is 3.44. The molecule has 2 aliphatic rings. The molecule has 0 radical (unpaired) electrons. The lowest BCUT2D eigenvalue weighted by molar-refractivity contribution is 0.169. The minimum absolute atomic E-state index is 0.169. The van der Waals surface area contributed by atoms with Gasteiger partial charge in [-0.1, -0.05) is 24.3 Å². The highest BCUT2D eigenvalue weighted by atomic mass is 16.6. The molecule has 0 spiro atoms. The summed E-state index contributed by atoms with van der Waals surface area (Å²) in [4.78, 5) is 11.4. The van der Waals surface area contributed by atoms with Crippen LogP contribution in [0.15, 0.2) is 53.2 Å². The van der Waals surface area contributed by atoms with Crippen LogP contribution in [0.25, 0.3) is 22.1 Å². The molecule has 0 N–H and O–H groups in total. The third-order valence-electron chi connectivity index (χ3n) is 5.62. The van der Waals surface area contributed by atoms with Gasteiger partial charge in [0.1, 0.15) is 30.6 Å². The van der Waals surface area contributed by atoms with Gasteiger partial charge in [-0.15, -0.1) is 0 Å². The lowest BCUT2D eigenvalue weighted by Gasteiger charge is -2.29. The summed E-state index contributed by atoms with van der Waals surface area (Å²) >= 11 is 0. The van der Waals surface area contributed by atoms with Gasteiger partial charge in [0.05, 0.1) is 6.04 Å². The molecule has 6 heteroatoms. The first-order chi connectivity index (χ1) is 13.9. The predicted octanol–water partition coefficient (Wildman–Crippen LogP) is 4.49. The maximum Gasteiger partial charge on any atom is 0.196 e. The Balaban J connectivity index is 1.50. The van der Waals surface area contributed by atoms with Crippen molar-refractivity contribution in [2.24, 2.45) is 0 Å². The molecule has 4 aromatic rings. The Labute approximate surface area is 161 Å². The van der Waals surface area contributed by atoms with Gasteiger partial charge in [-0.25, -0.2) is 9.97 Å². The largest absolute Gasteiger partial charge is 0.486 e. The molecule has 2 aromatic carbocycles. The van der Waals surface area contributed by atoms with Crippen molar-refractivity contribution in [2.75, 3.05) is 24.7 Å². The molecule has 140 valence electrons. The van der Waals surface area contributed by atoms with E-state index in [1.54, 1.807) is 6.33 Å². The van der Waals surface area contributed by atoms with Crippen molar-refractivity contribution in [1.82, 2.24) is 9.97 Å². The lowest BCUT2D eigenvalue weighted by atomic mass is 10.0. The molecule has 1 unspecified atom stereocenters. The minimum atomic E-state index is 0.169. The fourth-order valence-electron chi connectivity index (χ4n) is 4.42. The molecular weight excluding hydrogens is 354 g/mol. The Hall–Kier alpha value is -3.28. The molecule has 2 aliphatic heterocycles. The highest BCUT2D eigenvalue weighted by Gasteiger charge is 2.33. The van der Waals surface area contributed by atoms with Crippen LogP contribution < -0.4 is 14.4 Å². The molecule has 6 rings (SSSR count). The number of benzene rings is 2. The zero-order valence-corrected chi connectivity index (χ0v) is 15.3. The van der Waals surface area contributed by atoms with Gasteiger partial charge in [0.15, 0.2) is 22.9 Å². The highest BCUT2D eigenvalue weighted by molar-refractivity contribution is 6.05. The molecule has 0 amide bonds. The van der Waals surface area contributed by atoms with E-state index < -0.39 is 0 Å². The molecular formula is C22H19N3O3. The Bertz CT molecular complexity index is 1190. The van der Waals surface area contributed by atoms with Crippen molar-refractivity contribution in [3.05, 3.63) is 54.4 Å². The van der Waals surface area contributed by atoms with Gasteiger partial charge in [-0.05, 0) is 31.0 Å². The average Bonchev–Trinajstić information content (AvgIpc) is 3.38. The zero-order chi connectivity index (χ0) is 18.5. The normalized spacial score (nSPS) is 18.9. The van der Waals surface area contributed by atoms with Crippen molar-refractivity contribution in [1.29, 1.82) is 0 Å². The number of anilines is 1. The third-order valence-corrected chi connectivity index (χ3v) is 5.62. The smallest absolute Gasteiger partial charge is 0.196 e. The molecule has 2 aromatic heterocycles. The SMILES string of the molecule is c1cc2c(c(C3CCCN3c3ncnc4c3oc3ccccc34)c1)OCCO2. The van der Waals surface area contributed by atoms with Crippen molar-refractivity contribution in [3.8, 4) is 11.5 Å². The third kappa shape index (κ3) is 2.27. The quantitative estimate of drug-likeness (QED) is 0.516. The van der Waals surface area contributed by atoms with Gasteiger partial charge >= 0.3 is 0 Å². The summed E-state index contributed by atoms with van der Waals surface area (Å²) in [5.41, 5.74) is 3.60. The van der Waals surface area contributed by atoms with Crippen molar-refractivity contribution in [3.63, 3.8) is 0 Å². The second kappa shape index (κ2) is 6.12. The van der Waals surface area contributed by atoms with Gasteiger partial charge in [-0.3, -0.25) is 0 Å². The summed E-state index contributed by atoms with van der Waals surface area (Å²) in [5, 5.41) is 1.02. The summed E-state index contributed by atoms with van der Waals surface area (Å²) in [5.74, 6) is 2.53. The topological polar surface area (TPSA) is 60.6 Å². The van der Waals surface area contributed by atoms with Crippen molar-refractivity contribution >= 4 is 27.9 Å². The first-order valence-corrected chi connectivity index (χ1v) is 9.67. The number of aromatic nitrogens is 2. The summed E-state index contributed by atoms with van der Waals surface area (Å²) in [6, 6.07) is 14.3. The molecule has 0 saturated carbocycles. The van der Waals surface area contributed by atoms with E-state index in [2.05, 4.69) is 20.9 Å². The second-order valence-corrected chi connectivity index (χ2v) is 7.20. The van der Waals surface area contributed by atoms with Crippen LogP contribution in [0.1, 0.15) is 24.4 Å². The van der Waals surface area contributed by atoms with E-state index in [1.165, 1.54) is 0 Å². The first kappa shape index (κ1) is 15.7. The maximum absolute atomic E-state index is 6.17. The van der Waals surface area contributed by atoms with E-state index in [0.717, 1.165) is 64.3 Å². The molecule has 0 bridgehead atoms. The van der Waals surface area contributed by atoms with Gasteiger partial charge in [0.25, 0.3) is 0 Å². The van der Waals surface area contributed by atoms with Crippen LogP contribution in [0.2, 0.25) is 0 Å². The summed E-state index contributed by atoms with van der Waals surface area (Å²) in [7, 11) is 0. The number of rotatable bonds is 2. The van der Waals surface area contributed by atoms with E-state index >= 15 is 0 Å². The van der Waals surface area contributed by atoms with Crippen molar-refractivity contribution < 1.29 is 13.9 Å². The predicted molar refractivity (Wildman–Crippen MR) is 106 cm³/mol. The fraction of sp³-hybridized carbons (Fsp3) is 0.273. The van der Waals surface area contributed by atoms with Crippen LogP contribution in [-0.2, 0) is 0 Å². The zero-order valence-electron chi connectivity index (χ0n) is 15.3. The van der Waals surface area contributed by atoms with Crippen LogP contribution in [0.3, 0.4) is 0 Å².